The Labute approximate surface area is 60.0 Å². The van der Waals surface area contributed by atoms with Gasteiger partial charge in [-0.25, -0.2) is 0 Å². The number of nitrogens with zero attached hydrogens (tertiary/aromatic N) is 1. The third-order valence-corrected chi connectivity index (χ3v) is 0.864. The molecular weight excluding hydrogens is 130 g/mol. The van der Waals surface area contributed by atoms with Gasteiger partial charge in [0.15, 0.2) is 0 Å². The van der Waals surface area contributed by atoms with Crippen molar-refractivity contribution in [1.82, 2.24) is 5.32 Å². The third-order valence-electron chi connectivity index (χ3n) is 0.864. The quantitative estimate of drug-likeness (QED) is 0.377. The van der Waals surface area contributed by atoms with E-state index in [1.54, 1.807) is 13.0 Å². The fraction of sp³-hybridized carbons (Fsp3) is 0.500. The molecule has 0 radical (unpaired) electrons. The van der Waals surface area contributed by atoms with Gasteiger partial charge in [-0.1, -0.05) is 0 Å². The number of allylic oxidation sites excluding steroid dienone is 1. The summed E-state index contributed by atoms with van der Waals surface area (Å²) in [7, 11) is 0. The number of hydrogen-bond acceptors (Lipinski definition) is 4. The van der Waals surface area contributed by atoms with Gasteiger partial charge in [-0.3, -0.25) is 0 Å². The minimum absolute atomic E-state index is 0.0247. The van der Waals surface area contributed by atoms with Crippen LogP contribution >= 0.6 is 0 Å². The van der Waals surface area contributed by atoms with E-state index in [1.165, 1.54) is 0 Å². The average molecular weight is 141 g/mol. The Morgan fingerprint density at radius 3 is 2.90 bits per heavy atom. The fourth-order valence-electron chi connectivity index (χ4n) is 0.385. The second-order valence-corrected chi connectivity index (χ2v) is 2.01. The van der Waals surface area contributed by atoms with Gasteiger partial charge in [0.2, 0.25) is 0 Å². The van der Waals surface area contributed by atoms with Crippen LogP contribution in [0, 0.1) is 11.3 Å². The Morgan fingerprint density at radius 1 is 2.00 bits per heavy atom. The van der Waals surface area contributed by atoms with E-state index < -0.39 is 0 Å². The van der Waals surface area contributed by atoms with Crippen molar-refractivity contribution < 1.29 is 5.11 Å². The van der Waals surface area contributed by atoms with Crippen molar-refractivity contribution in [2.45, 2.75) is 13.0 Å². The molecule has 0 saturated carbocycles. The molecule has 1 atom stereocenters. The molecule has 0 aliphatic rings. The number of aliphatic hydroxyl groups is 1. The maximum atomic E-state index is 8.35. The first-order valence-electron chi connectivity index (χ1n) is 2.94. The zero-order valence-electron chi connectivity index (χ0n) is 5.83. The lowest BCUT2D eigenvalue weighted by atomic mass is 10.3. The van der Waals surface area contributed by atoms with Crippen LogP contribution in [-0.4, -0.2) is 17.7 Å². The average Bonchev–Trinajstić information content (AvgIpc) is 1.90. The van der Waals surface area contributed by atoms with E-state index in [2.05, 4.69) is 5.32 Å². The number of aliphatic hydroxyl groups excluding tert-OH is 1. The van der Waals surface area contributed by atoms with Gasteiger partial charge < -0.3 is 16.2 Å². The van der Waals surface area contributed by atoms with Gasteiger partial charge in [0.1, 0.15) is 18.0 Å². The molecule has 0 heterocycles. The summed E-state index contributed by atoms with van der Waals surface area (Å²) in [5.41, 5.74) is 5.51. The monoisotopic (exact) mass is 141 g/mol. The second kappa shape index (κ2) is 4.65. The molecule has 0 spiro atoms. The first-order valence-corrected chi connectivity index (χ1v) is 2.94. The summed E-state index contributed by atoms with van der Waals surface area (Å²) < 4.78 is 0. The minimum Gasteiger partial charge on any atom is -0.513 e. The van der Waals surface area contributed by atoms with E-state index in [1.807, 2.05) is 0 Å². The third kappa shape index (κ3) is 3.75. The lowest BCUT2D eigenvalue weighted by molar-refractivity contribution is 0.463. The first kappa shape index (κ1) is 8.79. The lowest BCUT2D eigenvalue weighted by Crippen LogP contribution is -2.30. The molecule has 0 aromatic rings. The summed E-state index contributed by atoms with van der Waals surface area (Å²) in [5, 5.41) is 19.3. The van der Waals surface area contributed by atoms with Crippen molar-refractivity contribution in [1.29, 1.82) is 5.26 Å². The predicted octanol–water partition coefficient (Wildman–Crippen LogP) is -0.154. The van der Waals surface area contributed by atoms with Crippen molar-refractivity contribution in [3.63, 3.8) is 0 Å². The minimum atomic E-state index is -0.0247. The van der Waals surface area contributed by atoms with Crippen LogP contribution in [-0.2, 0) is 0 Å². The van der Waals surface area contributed by atoms with Crippen LogP contribution < -0.4 is 11.1 Å². The van der Waals surface area contributed by atoms with E-state index in [-0.39, 0.29) is 11.7 Å². The van der Waals surface area contributed by atoms with Gasteiger partial charge in [0.05, 0.1) is 0 Å². The molecule has 0 aliphatic carbocycles. The molecule has 4 N–H and O–H groups in total. The molecule has 0 saturated heterocycles. The zero-order valence-corrected chi connectivity index (χ0v) is 5.83. The van der Waals surface area contributed by atoms with Crippen LogP contribution in [0.3, 0.4) is 0 Å². The maximum Gasteiger partial charge on any atom is 0.148 e. The molecule has 10 heavy (non-hydrogen) atoms. The van der Waals surface area contributed by atoms with Crippen molar-refractivity contribution in [2.75, 3.05) is 6.54 Å². The van der Waals surface area contributed by atoms with Crippen molar-refractivity contribution in [3.8, 4) is 6.07 Å². The Bertz CT molecular complexity index is 157. The highest BCUT2D eigenvalue weighted by atomic mass is 16.2. The number of nitrogens with two attached hydrogens (primary N) is 1. The number of nitrogens with one attached hydrogen (secondary N) is 1. The highest BCUT2D eigenvalue weighted by Crippen LogP contribution is 1.82. The van der Waals surface area contributed by atoms with Crippen molar-refractivity contribution in [2.24, 2.45) is 5.73 Å². The summed E-state index contributed by atoms with van der Waals surface area (Å²) in [6, 6.07) is 1.73. The van der Waals surface area contributed by atoms with Crippen LogP contribution in [0.4, 0.5) is 0 Å². The Morgan fingerprint density at radius 2 is 2.60 bits per heavy atom. The SMILES string of the molecule is CC(N)CN/C(C#N)=C\O. The normalized spacial score (nSPS) is 13.9. The Kier molecular flexibility index (Phi) is 4.09. The van der Waals surface area contributed by atoms with Gasteiger partial charge in [0.25, 0.3) is 0 Å². The number of hydrogen-bond donors (Lipinski definition) is 3. The molecule has 0 aliphatic heterocycles. The maximum absolute atomic E-state index is 8.35. The second-order valence-electron chi connectivity index (χ2n) is 2.01. The molecule has 4 nitrogen and oxygen atoms in total. The van der Waals surface area contributed by atoms with Gasteiger partial charge in [-0.05, 0) is 6.92 Å². The molecule has 56 valence electrons. The highest BCUT2D eigenvalue weighted by Gasteiger charge is 1.95. The van der Waals surface area contributed by atoms with E-state index in [4.69, 9.17) is 16.1 Å². The predicted molar refractivity (Wildman–Crippen MR) is 38.0 cm³/mol. The summed E-state index contributed by atoms with van der Waals surface area (Å²) in [6.07, 6.45) is 0.725. The van der Waals surface area contributed by atoms with E-state index in [0.29, 0.717) is 6.54 Å². The van der Waals surface area contributed by atoms with Crippen LogP contribution in [0.15, 0.2) is 12.0 Å². The van der Waals surface area contributed by atoms with Crippen molar-refractivity contribution in [3.05, 3.63) is 12.0 Å². The molecule has 1 unspecified atom stereocenters. The van der Waals surface area contributed by atoms with Gasteiger partial charge in [0, 0.05) is 12.6 Å². The summed E-state index contributed by atoms with van der Waals surface area (Å²) in [4.78, 5) is 0. The lowest BCUT2D eigenvalue weighted by Gasteiger charge is -2.05. The molecule has 0 aromatic heterocycles. The van der Waals surface area contributed by atoms with E-state index >= 15 is 0 Å². The topological polar surface area (TPSA) is 82.1 Å². The molecule has 0 aromatic carbocycles. The number of nitriles is 1. The van der Waals surface area contributed by atoms with Crippen molar-refractivity contribution >= 4 is 0 Å². The molecule has 0 rings (SSSR count). The van der Waals surface area contributed by atoms with Gasteiger partial charge in [-0.15, -0.1) is 0 Å². The zero-order chi connectivity index (χ0) is 7.98. The molecule has 0 bridgehead atoms. The van der Waals surface area contributed by atoms with Gasteiger partial charge in [-0.2, -0.15) is 5.26 Å². The summed E-state index contributed by atoms with van der Waals surface area (Å²) >= 11 is 0. The number of rotatable bonds is 3. The molecule has 4 heteroatoms. The smallest absolute Gasteiger partial charge is 0.148 e. The highest BCUT2D eigenvalue weighted by molar-refractivity contribution is 5.15. The molecular formula is C6H11N3O. The Balaban J connectivity index is 3.60. The van der Waals surface area contributed by atoms with Crippen LogP contribution in [0.5, 0.6) is 0 Å². The summed E-state index contributed by atoms with van der Waals surface area (Å²) in [5.74, 6) is 0. The van der Waals surface area contributed by atoms with E-state index in [0.717, 1.165) is 6.26 Å². The molecule has 0 fully saturated rings. The van der Waals surface area contributed by atoms with Crippen LogP contribution in [0.1, 0.15) is 6.92 Å². The van der Waals surface area contributed by atoms with Gasteiger partial charge >= 0.3 is 0 Å². The largest absolute Gasteiger partial charge is 0.513 e. The van der Waals surface area contributed by atoms with E-state index in [9.17, 15) is 0 Å². The standard InChI is InChI=1S/C6H11N3O/c1-5(8)3-9-6(2-7)4-10/h4-5,9-10H,3,8H2,1H3/b6-4-. The van der Waals surface area contributed by atoms with Crippen LogP contribution in [0.25, 0.3) is 0 Å². The first-order chi connectivity index (χ1) is 4.70. The molecule has 0 amide bonds. The van der Waals surface area contributed by atoms with Crippen LogP contribution in [0.2, 0.25) is 0 Å². The Hall–Kier alpha value is -1.21. The fourth-order valence-corrected chi connectivity index (χ4v) is 0.385. The summed E-state index contributed by atoms with van der Waals surface area (Å²) in [6.45, 7) is 2.29.